The molecule has 0 aromatic heterocycles. The monoisotopic (exact) mass is 284 g/mol. The predicted octanol–water partition coefficient (Wildman–Crippen LogP) is 2.13. The maximum absolute atomic E-state index is 11.7. The first kappa shape index (κ1) is 13.2. The molecular weight excluding hydrogens is 268 g/mol. The van der Waals surface area contributed by atoms with Gasteiger partial charge in [0.15, 0.2) is 0 Å². The molecular formula is C12H17BrN2O. The molecule has 1 rings (SSSR count). The quantitative estimate of drug-likeness (QED) is 0.899. The fraction of sp³-hybridized carbons (Fsp3) is 0.417. The van der Waals surface area contributed by atoms with E-state index in [0.717, 1.165) is 17.6 Å². The molecule has 0 aliphatic heterocycles. The number of rotatable bonds is 5. The Morgan fingerprint density at radius 1 is 1.50 bits per heavy atom. The van der Waals surface area contributed by atoms with E-state index in [9.17, 15) is 4.79 Å². The molecule has 0 fully saturated rings. The Morgan fingerprint density at radius 3 is 2.88 bits per heavy atom. The summed E-state index contributed by atoms with van der Waals surface area (Å²) in [7, 11) is 2.03. The standard InChI is InChI=1S/C12H17BrN2O/c1-3-15(2)8-7-14-12(16)10-5-4-6-11(13)9-10/h4-6,9H,3,7-8H2,1-2H3,(H,14,16). The lowest BCUT2D eigenvalue weighted by Crippen LogP contribution is -2.32. The third-order valence-corrected chi connectivity index (χ3v) is 2.90. The normalized spacial score (nSPS) is 10.5. The topological polar surface area (TPSA) is 32.3 Å². The van der Waals surface area contributed by atoms with Crippen molar-refractivity contribution in [3.05, 3.63) is 34.3 Å². The van der Waals surface area contributed by atoms with Crippen LogP contribution in [0, 0.1) is 0 Å². The third-order valence-electron chi connectivity index (χ3n) is 2.41. The van der Waals surface area contributed by atoms with Gasteiger partial charge in [-0.3, -0.25) is 4.79 Å². The molecule has 1 aromatic carbocycles. The summed E-state index contributed by atoms with van der Waals surface area (Å²) in [4.78, 5) is 13.9. The first-order valence-electron chi connectivity index (χ1n) is 5.35. The highest BCUT2D eigenvalue weighted by atomic mass is 79.9. The summed E-state index contributed by atoms with van der Waals surface area (Å²) < 4.78 is 0.922. The highest BCUT2D eigenvalue weighted by molar-refractivity contribution is 9.10. The van der Waals surface area contributed by atoms with Gasteiger partial charge < -0.3 is 10.2 Å². The third kappa shape index (κ3) is 4.33. The number of nitrogens with one attached hydrogen (secondary N) is 1. The molecule has 1 aromatic rings. The number of benzene rings is 1. The summed E-state index contributed by atoms with van der Waals surface area (Å²) in [6, 6.07) is 7.39. The second-order valence-corrected chi connectivity index (χ2v) is 4.58. The van der Waals surface area contributed by atoms with Gasteiger partial charge in [0.05, 0.1) is 0 Å². The van der Waals surface area contributed by atoms with Gasteiger partial charge in [0.2, 0.25) is 0 Å². The van der Waals surface area contributed by atoms with Gasteiger partial charge in [-0.2, -0.15) is 0 Å². The van der Waals surface area contributed by atoms with Gasteiger partial charge in [0, 0.05) is 23.1 Å². The number of likely N-dealkylation sites (N-methyl/N-ethyl adjacent to an activating group) is 1. The fourth-order valence-corrected chi connectivity index (χ4v) is 1.65. The zero-order valence-corrected chi connectivity index (χ0v) is 11.3. The van der Waals surface area contributed by atoms with Crippen LogP contribution in [0.5, 0.6) is 0 Å². The van der Waals surface area contributed by atoms with Crippen molar-refractivity contribution >= 4 is 21.8 Å². The van der Waals surface area contributed by atoms with Crippen molar-refractivity contribution in [3.8, 4) is 0 Å². The molecule has 0 aliphatic carbocycles. The molecule has 88 valence electrons. The van der Waals surface area contributed by atoms with Crippen LogP contribution >= 0.6 is 15.9 Å². The maximum atomic E-state index is 11.7. The predicted molar refractivity (Wildman–Crippen MR) is 69.6 cm³/mol. The Bertz CT molecular complexity index is 355. The Hall–Kier alpha value is -0.870. The van der Waals surface area contributed by atoms with E-state index in [1.54, 1.807) is 0 Å². The molecule has 0 bridgehead atoms. The van der Waals surface area contributed by atoms with Crippen LogP contribution in [-0.4, -0.2) is 37.5 Å². The second-order valence-electron chi connectivity index (χ2n) is 3.66. The van der Waals surface area contributed by atoms with Crippen LogP contribution in [0.2, 0.25) is 0 Å². The first-order valence-corrected chi connectivity index (χ1v) is 6.15. The van der Waals surface area contributed by atoms with Crippen molar-refractivity contribution in [1.82, 2.24) is 10.2 Å². The minimum absolute atomic E-state index is 0.0224. The van der Waals surface area contributed by atoms with E-state index in [-0.39, 0.29) is 5.91 Å². The zero-order chi connectivity index (χ0) is 12.0. The van der Waals surface area contributed by atoms with Crippen molar-refractivity contribution in [1.29, 1.82) is 0 Å². The van der Waals surface area contributed by atoms with Crippen LogP contribution in [0.3, 0.4) is 0 Å². The molecule has 4 heteroatoms. The van der Waals surface area contributed by atoms with E-state index in [1.165, 1.54) is 0 Å². The lowest BCUT2D eigenvalue weighted by Gasteiger charge is -2.13. The number of halogens is 1. The SMILES string of the molecule is CCN(C)CCNC(=O)c1cccc(Br)c1. The van der Waals surface area contributed by atoms with E-state index < -0.39 is 0 Å². The van der Waals surface area contributed by atoms with Crippen molar-refractivity contribution in [2.24, 2.45) is 0 Å². The van der Waals surface area contributed by atoms with Crippen molar-refractivity contribution in [2.75, 3.05) is 26.7 Å². The van der Waals surface area contributed by atoms with Crippen molar-refractivity contribution in [3.63, 3.8) is 0 Å². The van der Waals surface area contributed by atoms with Gasteiger partial charge >= 0.3 is 0 Å². The van der Waals surface area contributed by atoms with E-state index in [1.807, 2.05) is 31.3 Å². The Labute approximate surface area is 105 Å². The summed E-state index contributed by atoms with van der Waals surface area (Å²) in [5, 5.41) is 2.89. The van der Waals surface area contributed by atoms with E-state index in [2.05, 4.69) is 33.1 Å². The van der Waals surface area contributed by atoms with Crippen molar-refractivity contribution in [2.45, 2.75) is 6.92 Å². The van der Waals surface area contributed by atoms with Gasteiger partial charge in [-0.1, -0.05) is 28.9 Å². The Morgan fingerprint density at radius 2 is 2.25 bits per heavy atom. The number of hydrogen-bond donors (Lipinski definition) is 1. The van der Waals surface area contributed by atoms with Gasteiger partial charge in [0.1, 0.15) is 0 Å². The van der Waals surface area contributed by atoms with Crippen LogP contribution in [-0.2, 0) is 0 Å². The number of nitrogens with zero attached hydrogens (tertiary/aromatic N) is 1. The van der Waals surface area contributed by atoms with E-state index in [0.29, 0.717) is 12.1 Å². The summed E-state index contributed by atoms with van der Waals surface area (Å²) in [6.07, 6.45) is 0. The Balaban J connectivity index is 2.41. The van der Waals surface area contributed by atoms with Gasteiger partial charge in [-0.15, -0.1) is 0 Å². The number of carbonyl (C=O) groups excluding carboxylic acids is 1. The Kier molecular flexibility index (Phi) is 5.49. The molecule has 0 unspecified atom stereocenters. The smallest absolute Gasteiger partial charge is 0.251 e. The van der Waals surface area contributed by atoms with Crippen molar-refractivity contribution < 1.29 is 4.79 Å². The minimum atomic E-state index is -0.0224. The molecule has 0 radical (unpaired) electrons. The van der Waals surface area contributed by atoms with Crippen LogP contribution in [0.25, 0.3) is 0 Å². The second kappa shape index (κ2) is 6.66. The van der Waals surface area contributed by atoms with Crippen LogP contribution in [0.15, 0.2) is 28.7 Å². The molecule has 0 saturated heterocycles. The largest absolute Gasteiger partial charge is 0.351 e. The first-order chi connectivity index (χ1) is 7.63. The van der Waals surface area contributed by atoms with Crippen LogP contribution in [0.1, 0.15) is 17.3 Å². The summed E-state index contributed by atoms with van der Waals surface area (Å²) in [5.74, 6) is -0.0224. The minimum Gasteiger partial charge on any atom is -0.351 e. The molecule has 3 nitrogen and oxygen atoms in total. The van der Waals surface area contributed by atoms with E-state index >= 15 is 0 Å². The van der Waals surface area contributed by atoms with Crippen LogP contribution in [0.4, 0.5) is 0 Å². The van der Waals surface area contributed by atoms with E-state index in [4.69, 9.17) is 0 Å². The van der Waals surface area contributed by atoms with Gasteiger partial charge in [0.25, 0.3) is 5.91 Å². The molecule has 0 spiro atoms. The van der Waals surface area contributed by atoms with Gasteiger partial charge in [-0.05, 0) is 31.8 Å². The molecule has 0 aliphatic rings. The van der Waals surface area contributed by atoms with Gasteiger partial charge in [-0.25, -0.2) is 0 Å². The average Bonchev–Trinajstić information content (AvgIpc) is 2.28. The molecule has 16 heavy (non-hydrogen) atoms. The zero-order valence-electron chi connectivity index (χ0n) is 9.66. The summed E-state index contributed by atoms with van der Waals surface area (Å²) >= 11 is 3.34. The van der Waals surface area contributed by atoms with Crippen LogP contribution < -0.4 is 5.32 Å². The molecule has 0 saturated carbocycles. The summed E-state index contributed by atoms with van der Waals surface area (Å²) in [5.41, 5.74) is 0.688. The average molecular weight is 285 g/mol. The number of amides is 1. The lowest BCUT2D eigenvalue weighted by molar-refractivity contribution is 0.0950. The highest BCUT2D eigenvalue weighted by Crippen LogP contribution is 2.11. The molecule has 0 atom stereocenters. The maximum Gasteiger partial charge on any atom is 0.251 e. The fourth-order valence-electron chi connectivity index (χ4n) is 1.25. The molecule has 0 heterocycles. The highest BCUT2D eigenvalue weighted by Gasteiger charge is 2.04. The lowest BCUT2D eigenvalue weighted by atomic mass is 10.2. The molecule has 1 N–H and O–H groups in total. The molecule has 1 amide bonds. The summed E-state index contributed by atoms with van der Waals surface area (Å²) in [6.45, 7) is 4.63. The number of carbonyl (C=O) groups is 1. The number of hydrogen-bond acceptors (Lipinski definition) is 2.